The van der Waals surface area contributed by atoms with E-state index in [0.717, 1.165) is 12.1 Å². The molecule has 0 fully saturated rings. The Hall–Kier alpha value is -3.68. The molecule has 0 aliphatic carbocycles. The van der Waals surface area contributed by atoms with Gasteiger partial charge in [-0.15, -0.1) is 0 Å². The van der Waals surface area contributed by atoms with Gasteiger partial charge in [-0.25, -0.2) is 4.79 Å². The Morgan fingerprint density at radius 1 is 0.931 bits per heavy atom. The first-order valence-electron chi connectivity index (χ1n) is 8.48. The van der Waals surface area contributed by atoms with Gasteiger partial charge in [-0.1, -0.05) is 24.3 Å². The summed E-state index contributed by atoms with van der Waals surface area (Å²) in [6, 6.07) is 15.7. The van der Waals surface area contributed by atoms with Crippen molar-refractivity contribution in [2.24, 2.45) is 0 Å². The third-order valence-corrected chi connectivity index (χ3v) is 3.90. The van der Waals surface area contributed by atoms with Crippen LogP contribution < -0.4 is 5.32 Å². The third kappa shape index (κ3) is 5.41. The van der Waals surface area contributed by atoms with Gasteiger partial charge < -0.3 is 10.1 Å². The SMILES string of the molecule is O=C(Nc1cccc(C(F)(F)F)c1)c1ccc(COC(=O)c2ccccc2)nc1. The van der Waals surface area contributed by atoms with E-state index in [1.165, 1.54) is 30.5 Å². The van der Waals surface area contributed by atoms with Crippen LogP contribution in [0.1, 0.15) is 32.0 Å². The Balaban J connectivity index is 1.60. The van der Waals surface area contributed by atoms with E-state index in [1.807, 2.05) is 0 Å². The van der Waals surface area contributed by atoms with Crippen LogP contribution in [-0.2, 0) is 17.5 Å². The minimum Gasteiger partial charge on any atom is -0.456 e. The van der Waals surface area contributed by atoms with Crippen molar-refractivity contribution >= 4 is 17.6 Å². The molecule has 0 radical (unpaired) electrons. The van der Waals surface area contributed by atoms with Crippen LogP contribution in [0.3, 0.4) is 0 Å². The Labute approximate surface area is 164 Å². The average Bonchev–Trinajstić information content (AvgIpc) is 2.72. The van der Waals surface area contributed by atoms with Gasteiger partial charge in [0.1, 0.15) is 6.61 Å². The Kier molecular flexibility index (Phi) is 5.92. The Bertz CT molecular complexity index is 1000. The molecule has 0 unspecified atom stereocenters. The monoisotopic (exact) mass is 400 g/mol. The highest BCUT2D eigenvalue weighted by atomic mass is 19.4. The molecule has 1 N–H and O–H groups in total. The number of pyridine rings is 1. The molecule has 1 heterocycles. The van der Waals surface area contributed by atoms with Gasteiger partial charge in [0.2, 0.25) is 0 Å². The number of anilines is 1. The zero-order valence-corrected chi connectivity index (χ0v) is 14.9. The molecule has 1 aromatic heterocycles. The molecule has 29 heavy (non-hydrogen) atoms. The van der Waals surface area contributed by atoms with Crippen LogP contribution in [0.5, 0.6) is 0 Å². The Morgan fingerprint density at radius 2 is 1.69 bits per heavy atom. The summed E-state index contributed by atoms with van der Waals surface area (Å²) in [5, 5.41) is 2.40. The fourth-order valence-electron chi connectivity index (χ4n) is 2.42. The van der Waals surface area contributed by atoms with E-state index in [4.69, 9.17) is 4.74 Å². The maximum Gasteiger partial charge on any atom is 0.416 e. The predicted molar refractivity (Wildman–Crippen MR) is 99.2 cm³/mol. The van der Waals surface area contributed by atoms with E-state index >= 15 is 0 Å². The molecule has 5 nitrogen and oxygen atoms in total. The maximum atomic E-state index is 12.8. The number of carbonyl (C=O) groups is 2. The summed E-state index contributed by atoms with van der Waals surface area (Å²) >= 11 is 0. The number of hydrogen-bond acceptors (Lipinski definition) is 4. The second-order valence-electron chi connectivity index (χ2n) is 6.01. The summed E-state index contributed by atoms with van der Waals surface area (Å²) in [4.78, 5) is 28.2. The summed E-state index contributed by atoms with van der Waals surface area (Å²) in [6.07, 6.45) is -3.24. The highest BCUT2D eigenvalue weighted by molar-refractivity contribution is 6.04. The van der Waals surface area contributed by atoms with Gasteiger partial charge >= 0.3 is 12.1 Å². The first-order chi connectivity index (χ1) is 13.8. The number of alkyl halides is 3. The van der Waals surface area contributed by atoms with Crippen molar-refractivity contribution in [1.29, 1.82) is 0 Å². The third-order valence-electron chi connectivity index (χ3n) is 3.90. The van der Waals surface area contributed by atoms with Gasteiger partial charge in [0.25, 0.3) is 5.91 Å². The van der Waals surface area contributed by atoms with E-state index in [0.29, 0.717) is 11.3 Å². The topological polar surface area (TPSA) is 68.3 Å². The molecule has 3 aromatic rings. The van der Waals surface area contributed by atoms with Gasteiger partial charge in [0, 0.05) is 11.9 Å². The lowest BCUT2D eigenvalue weighted by molar-refractivity contribution is -0.137. The number of amides is 1. The molecule has 0 atom stereocenters. The van der Waals surface area contributed by atoms with Crippen LogP contribution in [0, 0.1) is 0 Å². The molecule has 148 valence electrons. The van der Waals surface area contributed by atoms with Gasteiger partial charge in [-0.05, 0) is 42.5 Å². The van der Waals surface area contributed by atoms with Crippen LogP contribution in [0.2, 0.25) is 0 Å². The van der Waals surface area contributed by atoms with Crippen molar-refractivity contribution in [2.45, 2.75) is 12.8 Å². The summed E-state index contributed by atoms with van der Waals surface area (Å²) in [5.74, 6) is -1.11. The highest BCUT2D eigenvalue weighted by Crippen LogP contribution is 2.30. The molecule has 3 rings (SSSR count). The van der Waals surface area contributed by atoms with Crippen molar-refractivity contribution in [3.05, 3.63) is 95.3 Å². The molecule has 8 heteroatoms. The number of esters is 1. The summed E-state index contributed by atoms with van der Waals surface area (Å²) in [5.41, 5.74) is 0.143. The summed E-state index contributed by atoms with van der Waals surface area (Å²) < 4.78 is 43.4. The van der Waals surface area contributed by atoms with Crippen LogP contribution in [0.15, 0.2) is 72.9 Å². The van der Waals surface area contributed by atoms with Crippen LogP contribution in [0.25, 0.3) is 0 Å². The van der Waals surface area contributed by atoms with E-state index < -0.39 is 23.6 Å². The van der Waals surface area contributed by atoms with Crippen molar-refractivity contribution in [1.82, 2.24) is 4.98 Å². The van der Waals surface area contributed by atoms with Crippen molar-refractivity contribution < 1.29 is 27.5 Å². The van der Waals surface area contributed by atoms with Gasteiger partial charge in [-0.3, -0.25) is 9.78 Å². The van der Waals surface area contributed by atoms with E-state index in [9.17, 15) is 22.8 Å². The number of ether oxygens (including phenoxy) is 1. The van der Waals surface area contributed by atoms with Crippen LogP contribution in [-0.4, -0.2) is 16.9 Å². The number of aromatic nitrogens is 1. The largest absolute Gasteiger partial charge is 0.456 e. The lowest BCUT2D eigenvalue weighted by Crippen LogP contribution is -2.14. The average molecular weight is 400 g/mol. The highest BCUT2D eigenvalue weighted by Gasteiger charge is 2.30. The summed E-state index contributed by atoms with van der Waals surface area (Å²) in [6.45, 7) is -0.0801. The minimum absolute atomic E-state index is 0.0192. The van der Waals surface area contributed by atoms with Crippen molar-refractivity contribution in [2.75, 3.05) is 5.32 Å². The standard InChI is InChI=1S/C21H15F3N2O3/c22-21(23,24)16-7-4-8-17(11-16)26-19(27)15-9-10-18(25-12-15)13-29-20(28)14-5-2-1-3-6-14/h1-12H,13H2,(H,26,27). The Morgan fingerprint density at radius 3 is 2.34 bits per heavy atom. The first-order valence-corrected chi connectivity index (χ1v) is 8.48. The number of hydrogen-bond donors (Lipinski definition) is 1. The zero-order chi connectivity index (χ0) is 20.9. The van der Waals surface area contributed by atoms with Crippen molar-refractivity contribution in [3.8, 4) is 0 Å². The minimum atomic E-state index is -4.50. The fraction of sp³-hybridized carbons (Fsp3) is 0.0952. The lowest BCUT2D eigenvalue weighted by Gasteiger charge is -2.10. The van der Waals surface area contributed by atoms with E-state index in [-0.39, 0.29) is 17.9 Å². The number of nitrogens with zero attached hydrogens (tertiary/aromatic N) is 1. The zero-order valence-electron chi connectivity index (χ0n) is 14.9. The quantitative estimate of drug-likeness (QED) is 0.630. The second kappa shape index (κ2) is 8.55. The maximum absolute atomic E-state index is 12.8. The van der Waals surface area contributed by atoms with Crippen molar-refractivity contribution in [3.63, 3.8) is 0 Å². The molecule has 0 saturated carbocycles. The number of rotatable bonds is 5. The molecule has 0 saturated heterocycles. The molecule has 2 aromatic carbocycles. The molecule has 0 spiro atoms. The lowest BCUT2D eigenvalue weighted by atomic mass is 10.2. The van der Waals surface area contributed by atoms with Gasteiger partial charge in [0.15, 0.2) is 0 Å². The summed E-state index contributed by atoms with van der Waals surface area (Å²) in [7, 11) is 0. The molecule has 0 bridgehead atoms. The molecule has 1 amide bonds. The first kappa shape index (κ1) is 20.1. The van der Waals surface area contributed by atoms with Gasteiger partial charge in [-0.2, -0.15) is 13.2 Å². The predicted octanol–water partition coefficient (Wildman–Crippen LogP) is 4.71. The van der Waals surface area contributed by atoms with Crippen LogP contribution in [0.4, 0.5) is 18.9 Å². The van der Waals surface area contributed by atoms with Crippen LogP contribution >= 0.6 is 0 Å². The van der Waals surface area contributed by atoms with E-state index in [1.54, 1.807) is 30.3 Å². The molecule has 0 aliphatic heterocycles. The van der Waals surface area contributed by atoms with E-state index in [2.05, 4.69) is 10.3 Å². The second-order valence-corrected chi connectivity index (χ2v) is 6.01. The molecule has 0 aliphatic rings. The fourth-order valence-corrected chi connectivity index (χ4v) is 2.42. The van der Waals surface area contributed by atoms with Gasteiger partial charge in [0.05, 0.1) is 22.4 Å². The number of benzene rings is 2. The molecular formula is C21H15F3N2O3. The number of halogens is 3. The number of nitrogens with one attached hydrogen (secondary N) is 1. The number of carbonyl (C=O) groups excluding carboxylic acids is 2. The normalized spacial score (nSPS) is 11.0. The smallest absolute Gasteiger partial charge is 0.416 e. The molecular weight excluding hydrogens is 385 g/mol.